The van der Waals surface area contributed by atoms with Crippen LogP contribution in [0.5, 0.6) is 5.75 Å². The van der Waals surface area contributed by atoms with Gasteiger partial charge in [0, 0.05) is 11.6 Å². The first-order valence-electron chi connectivity index (χ1n) is 5.64. The number of pyridine rings is 1. The van der Waals surface area contributed by atoms with Gasteiger partial charge in [0.25, 0.3) is 5.91 Å². The summed E-state index contributed by atoms with van der Waals surface area (Å²) in [5, 5.41) is 2.94. The minimum atomic E-state index is -1.03. The zero-order chi connectivity index (χ0) is 13.4. The SMILES string of the molecule is COc1ccc2cccnc2c1C1OC(=O)NC1=O. The standard InChI is InChI=1S/C13H10N2O4/c1-18-8-5-4-7-3-2-6-14-10(7)9(8)11-12(16)15-13(17)19-11/h2-6,11H,1H3,(H,15,16,17). The van der Waals surface area contributed by atoms with Crippen molar-refractivity contribution in [3.8, 4) is 5.75 Å². The lowest BCUT2D eigenvalue weighted by molar-refractivity contribution is -0.123. The number of ether oxygens (including phenoxy) is 2. The van der Waals surface area contributed by atoms with Crippen LogP contribution in [-0.4, -0.2) is 24.1 Å². The van der Waals surface area contributed by atoms with E-state index in [2.05, 4.69) is 10.3 Å². The van der Waals surface area contributed by atoms with Gasteiger partial charge >= 0.3 is 6.09 Å². The molecule has 19 heavy (non-hydrogen) atoms. The van der Waals surface area contributed by atoms with Crippen LogP contribution in [0.15, 0.2) is 30.5 Å². The van der Waals surface area contributed by atoms with E-state index in [-0.39, 0.29) is 0 Å². The number of aromatic nitrogens is 1. The number of cyclic esters (lactones) is 1. The Balaban J connectivity index is 2.25. The Morgan fingerprint density at radius 2 is 2.16 bits per heavy atom. The molecule has 1 saturated heterocycles. The molecule has 1 aliphatic rings. The van der Waals surface area contributed by atoms with Crippen LogP contribution in [-0.2, 0) is 9.53 Å². The van der Waals surface area contributed by atoms with Crippen molar-refractivity contribution >= 4 is 22.9 Å². The maximum atomic E-state index is 11.8. The molecule has 2 aromatic rings. The molecule has 6 heteroatoms. The smallest absolute Gasteiger partial charge is 0.415 e. The molecule has 6 nitrogen and oxygen atoms in total. The van der Waals surface area contributed by atoms with Gasteiger partial charge in [0.1, 0.15) is 5.75 Å². The molecule has 0 saturated carbocycles. The molecule has 1 atom stereocenters. The van der Waals surface area contributed by atoms with E-state index >= 15 is 0 Å². The third-order valence-corrected chi connectivity index (χ3v) is 2.94. The molecule has 0 bridgehead atoms. The molecule has 1 unspecified atom stereocenters. The van der Waals surface area contributed by atoms with Crippen molar-refractivity contribution in [1.29, 1.82) is 0 Å². The van der Waals surface area contributed by atoms with Crippen LogP contribution < -0.4 is 10.1 Å². The van der Waals surface area contributed by atoms with E-state index in [4.69, 9.17) is 9.47 Å². The number of carbonyl (C=O) groups excluding carboxylic acids is 2. The Kier molecular flexibility index (Phi) is 2.56. The number of fused-ring (bicyclic) bond motifs is 1. The summed E-state index contributed by atoms with van der Waals surface area (Å²) in [4.78, 5) is 27.2. The Bertz CT molecular complexity index is 683. The lowest BCUT2D eigenvalue weighted by Crippen LogP contribution is -2.21. The third-order valence-electron chi connectivity index (χ3n) is 2.94. The summed E-state index contributed by atoms with van der Waals surface area (Å²) < 4.78 is 10.2. The monoisotopic (exact) mass is 258 g/mol. The van der Waals surface area contributed by atoms with Crippen molar-refractivity contribution in [2.24, 2.45) is 0 Å². The second-order valence-electron chi connectivity index (χ2n) is 4.03. The number of nitrogens with one attached hydrogen (secondary N) is 1. The van der Waals surface area contributed by atoms with E-state index in [1.54, 1.807) is 18.3 Å². The van der Waals surface area contributed by atoms with Gasteiger partial charge in [-0.2, -0.15) is 0 Å². The largest absolute Gasteiger partial charge is 0.496 e. The summed E-state index contributed by atoms with van der Waals surface area (Å²) in [5.41, 5.74) is 1.04. The van der Waals surface area contributed by atoms with E-state index in [1.165, 1.54) is 7.11 Å². The fourth-order valence-electron chi connectivity index (χ4n) is 2.13. The Morgan fingerprint density at radius 3 is 2.84 bits per heavy atom. The molecule has 1 fully saturated rings. The topological polar surface area (TPSA) is 77.5 Å². The highest BCUT2D eigenvalue weighted by molar-refractivity contribution is 6.03. The van der Waals surface area contributed by atoms with Gasteiger partial charge in [0.15, 0.2) is 0 Å². The lowest BCUT2D eigenvalue weighted by atomic mass is 10.0. The van der Waals surface area contributed by atoms with Crippen molar-refractivity contribution in [3.63, 3.8) is 0 Å². The second-order valence-corrected chi connectivity index (χ2v) is 4.03. The number of benzene rings is 1. The molecular formula is C13H10N2O4. The zero-order valence-corrected chi connectivity index (χ0v) is 10.0. The number of rotatable bonds is 2. The molecular weight excluding hydrogens is 248 g/mol. The molecule has 1 aliphatic heterocycles. The Labute approximate surface area is 108 Å². The molecule has 2 heterocycles. The van der Waals surface area contributed by atoms with Gasteiger partial charge in [-0.25, -0.2) is 4.79 Å². The fraction of sp³-hybridized carbons (Fsp3) is 0.154. The van der Waals surface area contributed by atoms with Gasteiger partial charge in [-0.1, -0.05) is 6.07 Å². The first-order valence-corrected chi connectivity index (χ1v) is 5.64. The molecule has 96 valence electrons. The van der Waals surface area contributed by atoms with Crippen LogP contribution in [0.25, 0.3) is 10.9 Å². The Morgan fingerprint density at radius 1 is 1.32 bits per heavy atom. The first-order chi connectivity index (χ1) is 9.20. The molecule has 0 spiro atoms. The van der Waals surface area contributed by atoms with Gasteiger partial charge in [-0.15, -0.1) is 0 Å². The molecule has 1 aromatic heterocycles. The van der Waals surface area contributed by atoms with Crippen LogP contribution >= 0.6 is 0 Å². The van der Waals surface area contributed by atoms with Gasteiger partial charge in [0.2, 0.25) is 6.10 Å². The number of amides is 2. The van der Waals surface area contributed by atoms with Crippen LogP contribution in [0, 0.1) is 0 Å². The van der Waals surface area contributed by atoms with Gasteiger partial charge in [0.05, 0.1) is 18.2 Å². The van der Waals surface area contributed by atoms with E-state index in [9.17, 15) is 9.59 Å². The number of alkyl carbamates (subject to hydrolysis) is 1. The number of hydrogen-bond donors (Lipinski definition) is 1. The van der Waals surface area contributed by atoms with Crippen molar-refractivity contribution in [3.05, 3.63) is 36.0 Å². The summed E-state index contributed by atoms with van der Waals surface area (Å²) in [5.74, 6) is -0.0532. The number of methoxy groups -OCH3 is 1. The predicted octanol–water partition coefficient (Wildman–Crippen LogP) is 1.55. The van der Waals surface area contributed by atoms with Crippen molar-refractivity contribution in [2.75, 3.05) is 7.11 Å². The molecule has 3 rings (SSSR count). The highest BCUT2D eigenvalue weighted by Crippen LogP contribution is 2.35. The molecule has 2 amide bonds. The normalized spacial score (nSPS) is 18.3. The van der Waals surface area contributed by atoms with E-state index in [0.29, 0.717) is 16.8 Å². The Hall–Kier alpha value is -2.63. The van der Waals surface area contributed by atoms with E-state index in [0.717, 1.165) is 5.39 Å². The maximum absolute atomic E-state index is 11.8. The first kappa shape index (κ1) is 11.5. The average molecular weight is 258 g/mol. The van der Waals surface area contributed by atoms with Crippen molar-refractivity contribution in [1.82, 2.24) is 10.3 Å². The summed E-state index contributed by atoms with van der Waals surface area (Å²) in [6, 6.07) is 7.21. The highest BCUT2D eigenvalue weighted by atomic mass is 16.6. The second kappa shape index (κ2) is 4.24. The van der Waals surface area contributed by atoms with Gasteiger partial charge in [-0.3, -0.25) is 15.1 Å². The number of imide groups is 1. The van der Waals surface area contributed by atoms with E-state index < -0.39 is 18.1 Å². The maximum Gasteiger partial charge on any atom is 0.415 e. The third kappa shape index (κ3) is 1.77. The molecule has 1 aromatic carbocycles. The summed E-state index contributed by atoms with van der Waals surface area (Å²) >= 11 is 0. The number of hydrogen-bond acceptors (Lipinski definition) is 5. The molecule has 1 N–H and O–H groups in total. The summed E-state index contributed by atoms with van der Waals surface area (Å²) in [6.45, 7) is 0. The summed E-state index contributed by atoms with van der Waals surface area (Å²) in [7, 11) is 1.49. The summed E-state index contributed by atoms with van der Waals surface area (Å²) in [6.07, 6.45) is -0.175. The van der Waals surface area contributed by atoms with Crippen LogP contribution in [0.2, 0.25) is 0 Å². The van der Waals surface area contributed by atoms with Crippen LogP contribution in [0.1, 0.15) is 11.7 Å². The van der Waals surface area contributed by atoms with Crippen molar-refractivity contribution in [2.45, 2.75) is 6.10 Å². The van der Waals surface area contributed by atoms with Crippen LogP contribution in [0.4, 0.5) is 4.79 Å². The van der Waals surface area contributed by atoms with Crippen LogP contribution in [0.3, 0.4) is 0 Å². The zero-order valence-electron chi connectivity index (χ0n) is 10.0. The van der Waals surface area contributed by atoms with E-state index in [1.807, 2.05) is 12.1 Å². The average Bonchev–Trinajstić information content (AvgIpc) is 2.76. The number of nitrogens with zero attached hydrogens (tertiary/aromatic N) is 1. The van der Waals surface area contributed by atoms with Crippen molar-refractivity contribution < 1.29 is 19.1 Å². The molecule has 0 radical (unpaired) electrons. The molecule has 0 aliphatic carbocycles. The van der Waals surface area contributed by atoms with Gasteiger partial charge in [-0.05, 0) is 18.2 Å². The highest BCUT2D eigenvalue weighted by Gasteiger charge is 2.37. The fourth-order valence-corrected chi connectivity index (χ4v) is 2.13. The minimum Gasteiger partial charge on any atom is -0.496 e. The minimum absolute atomic E-state index is 0.459. The quantitative estimate of drug-likeness (QED) is 0.884. The van der Waals surface area contributed by atoms with Gasteiger partial charge < -0.3 is 9.47 Å². The number of carbonyl (C=O) groups is 2. The predicted molar refractivity (Wildman–Crippen MR) is 65.7 cm³/mol. The lowest BCUT2D eigenvalue weighted by Gasteiger charge is -2.14.